The summed E-state index contributed by atoms with van der Waals surface area (Å²) in [5, 5.41) is 3.00. The summed E-state index contributed by atoms with van der Waals surface area (Å²) in [4.78, 5) is 27.5. The maximum absolute atomic E-state index is 13.3. The summed E-state index contributed by atoms with van der Waals surface area (Å²) in [5.74, 6) is -0.641. The molecule has 1 atom stereocenters. The minimum atomic E-state index is -0.654. The fraction of sp³-hybridized carbons (Fsp3) is 0.391. The Bertz CT molecular complexity index is 782. The van der Waals surface area contributed by atoms with Crippen molar-refractivity contribution in [1.82, 2.24) is 10.2 Å². The molecular formula is C23H29FN2O2. The van der Waals surface area contributed by atoms with Gasteiger partial charge in [0.05, 0.1) is 0 Å². The van der Waals surface area contributed by atoms with Gasteiger partial charge in [0.1, 0.15) is 11.9 Å². The summed E-state index contributed by atoms with van der Waals surface area (Å²) < 4.78 is 13.3. The summed E-state index contributed by atoms with van der Waals surface area (Å²) in [5.41, 5.74) is 1.34. The average Bonchev–Trinajstić information content (AvgIpc) is 2.65. The number of halogens is 1. The van der Waals surface area contributed by atoms with Gasteiger partial charge in [-0.15, -0.1) is 0 Å². The van der Waals surface area contributed by atoms with Gasteiger partial charge in [0.2, 0.25) is 11.8 Å². The van der Waals surface area contributed by atoms with Crippen LogP contribution < -0.4 is 5.32 Å². The molecule has 0 aliphatic carbocycles. The SMILES string of the molecule is CCC(=O)N(Cc1ccc(F)cc1)[C@@H](Cc1ccccc1)C(=O)NC(C)(C)C. The van der Waals surface area contributed by atoms with Crippen molar-refractivity contribution in [1.29, 1.82) is 0 Å². The Balaban J connectivity index is 2.36. The van der Waals surface area contributed by atoms with Crippen LogP contribution in [0, 0.1) is 5.82 Å². The third-order valence-electron chi connectivity index (χ3n) is 4.34. The molecule has 0 bridgehead atoms. The number of hydrogen-bond donors (Lipinski definition) is 1. The molecule has 0 heterocycles. The monoisotopic (exact) mass is 384 g/mol. The van der Waals surface area contributed by atoms with E-state index in [2.05, 4.69) is 5.32 Å². The lowest BCUT2D eigenvalue weighted by molar-refractivity contribution is -0.141. The molecule has 0 fully saturated rings. The maximum atomic E-state index is 13.3. The molecule has 0 spiro atoms. The highest BCUT2D eigenvalue weighted by molar-refractivity contribution is 5.88. The van der Waals surface area contributed by atoms with Crippen LogP contribution in [0.3, 0.4) is 0 Å². The van der Waals surface area contributed by atoms with E-state index < -0.39 is 11.6 Å². The van der Waals surface area contributed by atoms with E-state index in [0.717, 1.165) is 11.1 Å². The molecule has 4 nitrogen and oxygen atoms in total. The molecule has 0 aromatic heterocycles. The van der Waals surface area contributed by atoms with Gasteiger partial charge in [-0.05, 0) is 44.0 Å². The summed E-state index contributed by atoms with van der Waals surface area (Å²) in [6.07, 6.45) is 0.699. The van der Waals surface area contributed by atoms with Crippen molar-refractivity contribution < 1.29 is 14.0 Å². The standard InChI is InChI=1S/C23H29FN2O2/c1-5-21(27)26(16-18-11-13-19(24)14-12-18)20(22(28)25-23(2,3)4)15-17-9-7-6-8-10-17/h6-14,20H,5,15-16H2,1-4H3,(H,25,28)/t20-/m0/s1. The van der Waals surface area contributed by atoms with Gasteiger partial charge in [-0.3, -0.25) is 9.59 Å². The molecule has 0 aliphatic heterocycles. The highest BCUT2D eigenvalue weighted by Gasteiger charge is 2.31. The lowest BCUT2D eigenvalue weighted by Gasteiger charge is -2.33. The number of benzene rings is 2. The molecule has 0 unspecified atom stereocenters. The van der Waals surface area contributed by atoms with Crippen molar-refractivity contribution in [2.45, 2.75) is 58.7 Å². The van der Waals surface area contributed by atoms with Crippen LogP contribution in [0.2, 0.25) is 0 Å². The number of carbonyl (C=O) groups excluding carboxylic acids is 2. The molecule has 1 N–H and O–H groups in total. The van der Waals surface area contributed by atoms with Gasteiger partial charge in [-0.1, -0.05) is 49.4 Å². The van der Waals surface area contributed by atoms with Gasteiger partial charge in [-0.2, -0.15) is 0 Å². The van der Waals surface area contributed by atoms with Crippen molar-refractivity contribution in [3.8, 4) is 0 Å². The largest absolute Gasteiger partial charge is 0.350 e. The van der Waals surface area contributed by atoms with E-state index in [1.807, 2.05) is 51.1 Å². The Kier molecular flexibility index (Phi) is 7.32. The van der Waals surface area contributed by atoms with Crippen molar-refractivity contribution in [3.05, 3.63) is 71.5 Å². The molecule has 150 valence electrons. The number of nitrogens with zero attached hydrogens (tertiary/aromatic N) is 1. The minimum Gasteiger partial charge on any atom is -0.350 e. The maximum Gasteiger partial charge on any atom is 0.243 e. The van der Waals surface area contributed by atoms with Crippen LogP contribution >= 0.6 is 0 Å². The molecule has 2 amide bonds. The highest BCUT2D eigenvalue weighted by atomic mass is 19.1. The number of nitrogens with one attached hydrogen (secondary N) is 1. The molecular weight excluding hydrogens is 355 g/mol. The van der Waals surface area contributed by atoms with Gasteiger partial charge in [0.25, 0.3) is 0 Å². The van der Waals surface area contributed by atoms with E-state index in [1.165, 1.54) is 12.1 Å². The first-order valence-electron chi connectivity index (χ1n) is 9.59. The number of hydrogen-bond acceptors (Lipinski definition) is 2. The predicted octanol–water partition coefficient (Wildman–Crippen LogP) is 4.09. The molecule has 5 heteroatoms. The average molecular weight is 384 g/mol. The zero-order chi connectivity index (χ0) is 20.7. The lowest BCUT2D eigenvalue weighted by atomic mass is 10.0. The third kappa shape index (κ3) is 6.48. The Morgan fingerprint density at radius 2 is 1.61 bits per heavy atom. The molecule has 28 heavy (non-hydrogen) atoms. The lowest BCUT2D eigenvalue weighted by Crippen LogP contribution is -2.54. The number of carbonyl (C=O) groups is 2. The molecule has 0 radical (unpaired) electrons. The summed E-state index contributed by atoms with van der Waals surface area (Å²) >= 11 is 0. The third-order valence-corrected chi connectivity index (χ3v) is 4.34. The van der Waals surface area contributed by atoms with E-state index in [1.54, 1.807) is 24.0 Å². The summed E-state index contributed by atoms with van der Waals surface area (Å²) in [6.45, 7) is 7.77. The first kappa shape index (κ1) is 21.6. The Morgan fingerprint density at radius 1 is 1.00 bits per heavy atom. The van der Waals surface area contributed by atoms with E-state index in [4.69, 9.17) is 0 Å². The van der Waals surface area contributed by atoms with E-state index in [9.17, 15) is 14.0 Å². The van der Waals surface area contributed by atoms with Crippen molar-refractivity contribution >= 4 is 11.8 Å². The van der Waals surface area contributed by atoms with E-state index in [-0.39, 0.29) is 30.6 Å². The Hall–Kier alpha value is -2.69. The minimum absolute atomic E-state index is 0.116. The van der Waals surface area contributed by atoms with Crippen LogP contribution in [0.4, 0.5) is 4.39 Å². The van der Waals surface area contributed by atoms with Gasteiger partial charge < -0.3 is 10.2 Å². The van der Waals surface area contributed by atoms with Gasteiger partial charge >= 0.3 is 0 Å². The molecule has 2 rings (SSSR count). The van der Waals surface area contributed by atoms with Crippen molar-refractivity contribution in [2.24, 2.45) is 0 Å². The molecule has 0 aliphatic rings. The molecule has 2 aromatic carbocycles. The van der Waals surface area contributed by atoms with Crippen LogP contribution in [-0.2, 0) is 22.6 Å². The van der Waals surface area contributed by atoms with E-state index >= 15 is 0 Å². The summed E-state index contributed by atoms with van der Waals surface area (Å²) in [6, 6.07) is 15.0. The zero-order valence-corrected chi connectivity index (χ0v) is 17.0. The highest BCUT2D eigenvalue weighted by Crippen LogP contribution is 2.17. The Morgan fingerprint density at radius 3 is 2.14 bits per heavy atom. The zero-order valence-electron chi connectivity index (χ0n) is 17.0. The van der Waals surface area contributed by atoms with Gasteiger partial charge in [0, 0.05) is 24.9 Å². The Labute approximate surface area is 166 Å². The smallest absolute Gasteiger partial charge is 0.243 e. The van der Waals surface area contributed by atoms with Crippen molar-refractivity contribution in [3.63, 3.8) is 0 Å². The quantitative estimate of drug-likeness (QED) is 0.782. The molecule has 0 saturated carbocycles. The first-order valence-corrected chi connectivity index (χ1v) is 9.59. The van der Waals surface area contributed by atoms with Gasteiger partial charge in [0.15, 0.2) is 0 Å². The molecule has 0 saturated heterocycles. The van der Waals surface area contributed by atoms with Crippen molar-refractivity contribution in [2.75, 3.05) is 0 Å². The molecule has 2 aromatic rings. The van der Waals surface area contributed by atoms with Crippen LogP contribution in [0.5, 0.6) is 0 Å². The van der Waals surface area contributed by atoms with Gasteiger partial charge in [-0.25, -0.2) is 4.39 Å². The normalized spacial score (nSPS) is 12.3. The fourth-order valence-corrected chi connectivity index (χ4v) is 3.00. The van der Waals surface area contributed by atoms with Crippen LogP contribution in [0.1, 0.15) is 45.2 Å². The second-order valence-corrected chi connectivity index (χ2v) is 7.95. The van der Waals surface area contributed by atoms with Crippen LogP contribution in [0.25, 0.3) is 0 Å². The van der Waals surface area contributed by atoms with E-state index in [0.29, 0.717) is 6.42 Å². The second-order valence-electron chi connectivity index (χ2n) is 7.95. The van der Waals surface area contributed by atoms with Crippen LogP contribution in [0.15, 0.2) is 54.6 Å². The van der Waals surface area contributed by atoms with Crippen LogP contribution in [-0.4, -0.2) is 28.3 Å². The topological polar surface area (TPSA) is 49.4 Å². The first-order chi connectivity index (χ1) is 13.2. The summed E-state index contributed by atoms with van der Waals surface area (Å²) in [7, 11) is 0. The number of amides is 2. The second kappa shape index (κ2) is 9.49. The predicted molar refractivity (Wildman–Crippen MR) is 109 cm³/mol. The fourth-order valence-electron chi connectivity index (χ4n) is 3.00. The number of rotatable bonds is 7.